The summed E-state index contributed by atoms with van der Waals surface area (Å²) in [6, 6.07) is 3.20. The van der Waals surface area contributed by atoms with E-state index in [0.29, 0.717) is 6.04 Å². The summed E-state index contributed by atoms with van der Waals surface area (Å²) in [6.07, 6.45) is 6.91. The Morgan fingerprint density at radius 3 is 3.00 bits per heavy atom. The first-order valence-corrected chi connectivity index (χ1v) is 6.96. The van der Waals surface area contributed by atoms with E-state index in [-0.39, 0.29) is 6.61 Å². The summed E-state index contributed by atoms with van der Waals surface area (Å²) in [5.74, 6) is 0. The van der Waals surface area contributed by atoms with Crippen molar-refractivity contribution in [3.63, 3.8) is 0 Å². The number of aliphatic hydroxyl groups excluding tert-OH is 1. The fraction of sp³-hybridized carbons (Fsp3) is 0.714. The van der Waals surface area contributed by atoms with E-state index in [2.05, 4.69) is 39.9 Å². The van der Waals surface area contributed by atoms with Crippen molar-refractivity contribution in [3.05, 3.63) is 24.0 Å². The monoisotopic (exact) mass is 249 g/mol. The number of nitrogens with zero attached hydrogens (tertiary/aromatic N) is 3. The van der Waals surface area contributed by atoms with Crippen molar-refractivity contribution in [3.8, 4) is 0 Å². The molecule has 3 rings (SSSR count). The topological polar surface area (TPSA) is 31.6 Å². The lowest BCUT2D eigenvalue weighted by atomic mass is 10.1. The average Bonchev–Trinajstić information content (AvgIpc) is 2.97. The van der Waals surface area contributed by atoms with Crippen molar-refractivity contribution in [2.24, 2.45) is 7.05 Å². The van der Waals surface area contributed by atoms with Crippen LogP contribution < -0.4 is 0 Å². The standard InChI is InChI=1S/C14H23N3O/c1-15-6-4-12(7-15)8-17-9-13-3-2-5-16(13)10-14(17)11-18/h4,6-7,13-14,18H,2-3,5,8-11H2,1H3/t13-,14+/m0/s1. The van der Waals surface area contributed by atoms with Crippen molar-refractivity contribution in [2.75, 3.05) is 26.2 Å². The number of fused-ring (bicyclic) bond motifs is 1. The summed E-state index contributed by atoms with van der Waals surface area (Å²) < 4.78 is 2.09. The van der Waals surface area contributed by atoms with Gasteiger partial charge in [0.2, 0.25) is 0 Å². The first kappa shape index (κ1) is 12.2. The maximum absolute atomic E-state index is 9.59. The van der Waals surface area contributed by atoms with Crippen LogP contribution in [0, 0.1) is 0 Å². The largest absolute Gasteiger partial charge is 0.395 e. The third kappa shape index (κ3) is 2.32. The highest BCUT2D eigenvalue weighted by molar-refractivity contribution is 5.10. The van der Waals surface area contributed by atoms with Crippen LogP contribution in [0.4, 0.5) is 0 Å². The molecule has 0 saturated carbocycles. The quantitative estimate of drug-likeness (QED) is 0.854. The zero-order valence-electron chi connectivity index (χ0n) is 11.1. The van der Waals surface area contributed by atoms with Gasteiger partial charge in [0.15, 0.2) is 0 Å². The molecule has 0 aliphatic carbocycles. The van der Waals surface area contributed by atoms with Gasteiger partial charge < -0.3 is 9.67 Å². The van der Waals surface area contributed by atoms with E-state index in [0.717, 1.165) is 25.7 Å². The van der Waals surface area contributed by atoms with Gasteiger partial charge in [0.1, 0.15) is 0 Å². The third-order valence-electron chi connectivity index (χ3n) is 4.40. The van der Waals surface area contributed by atoms with Gasteiger partial charge in [-0.05, 0) is 31.0 Å². The molecule has 0 amide bonds. The van der Waals surface area contributed by atoms with Gasteiger partial charge in [-0.2, -0.15) is 0 Å². The molecule has 1 N–H and O–H groups in total. The molecule has 2 saturated heterocycles. The maximum atomic E-state index is 9.59. The normalized spacial score (nSPS) is 29.7. The summed E-state index contributed by atoms with van der Waals surface area (Å²) in [6.45, 7) is 4.61. The minimum absolute atomic E-state index is 0.274. The SMILES string of the molecule is Cn1ccc(CN2C[C@@H]3CCCN3C[C@@H]2CO)c1. The molecule has 0 bridgehead atoms. The van der Waals surface area contributed by atoms with Crippen LogP contribution in [0.1, 0.15) is 18.4 Å². The fourth-order valence-electron chi connectivity index (χ4n) is 3.40. The number of rotatable bonds is 3. The number of aromatic nitrogens is 1. The smallest absolute Gasteiger partial charge is 0.0599 e. The average molecular weight is 249 g/mol. The van der Waals surface area contributed by atoms with Crippen LogP contribution in [0.15, 0.2) is 18.5 Å². The highest BCUT2D eigenvalue weighted by Crippen LogP contribution is 2.25. The van der Waals surface area contributed by atoms with E-state index >= 15 is 0 Å². The van der Waals surface area contributed by atoms with Crippen LogP contribution in [-0.4, -0.2) is 57.8 Å². The van der Waals surface area contributed by atoms with Gasteiger partial charge in [0, 0.05) is 51.2 Å². The van der Waals surface area contributed by atoms with E-state index < -0.39 is 0 Å². The second-order valence-corrected chi connectivity index (χ2v) is 5.74. The molecule has 1 aromatic rings. The molecule has 3 heterocycles. The minimum Gasteiger partial charge on any atom is -0.395 e. The molecule has 4 nitrogen and oxygen atoms in total. The zero-order valence-corrected chi connectivity index (χ0v) is 11.1. The summed E-state index contributed by atoms with van der Waals surface area (Å²) in [4.78, 5) is 5.02. The molecule has 0 spiro atoms. The van der Waals surface area contributed by atoms with Crippen LogP contribution in [-0.2, 0) is 13.6 Å². The van der Waals surface area contributed by atoms with Crippen molar-refractivity contribution in [1.29, 1.82) is 0 Å². The molecular formula is C14H23N3O. The Morgan fingerprint density at radius 2 is 2.28 bits per heavy atom. The highest BCUT2D eigenvalue weighted by Gasteiger charge is 2.35. The van der Waals surface area contributed by atoms with Crippen LogP contribution in [0.25, 0.3) is 0 Å². The lowest BCUT2D eigenvalue weighted by Gasteiger charge is -2.43. The van der Waals surface area contributed by atoms with Gasteiger partial charge in [-0.1, -0.05) is 0 Å². The number of piperazine rings is 1. The van der Waals surface area contributed by atoms with Crippen LogP contribution >= 0.6 is 0 Å². The van der Waals surface area contributed by atoms with Crippen molar-refractivity contribution in [2.45, 2.75) is 31.5 Å². The maximum Gasteiger partial charge on any atom is 0.0599 e. The van der Waals surface area contributed by atoms with Crippen molar-refractivity contribution < 1.29 is 5.11 Å². The Kier molecular flexibility index (Phi) is 3.41. The van der Waals surface area contributed by atoms with Gasteiger partial charge in [0.25, 0.3) is 0 Å². The van der Waals surface area contributed by atoms with Gasteiger partial charge in [-0.3, -0.25) is 9.80 Å². The Morgan fingerprint density at radius 1 is 1.39 bits per heavy atom. The van der Waals surface area contributed by atoms with Crippen LogP contribution in [0.3, 0.4) is 0 Å². The van der Waals surface area contributed by atoms with E-state index in [9.17, 15) is 5.11 Å². The predicted octanol–water partition coefficient (Wildman–Crippen LogP) is 0.666. The number of aliphatic hydroxyl groups is 1. The summed E-state index contributed by atoms with van der Waals surface area (Å²) in [7, 11) is 2.06. The van der Waals surface area contributed by atoms with Crippen LogP contribution in [0.2, 0.25) is 0 Å². The number of hydrogen-bond donors (Lipinski definition) is 1. The molecule has 2 aliphatic rings. The Hall–Kier alpha value is -0.840. The Labute approximate surface area is 109 Å². The lowest BCUT2D eigenvalue weighted by molar-refractivity contribution is 0.0170. The molecule has 0 aromatic carbocycles. The summed E-state index contributed by atoms with van der Waals surface area (Å²) >= 11 is 0. The molecule has 4 heteroatoms. The molecule has 2 aliphatic heterocycles. The van der Waals surface area contributed by atoms with Crippen LogP contribution in [0.5, 0.6) is 0 Å². The van der Waals surface area contributed by atoms with Crippen molar-refractivity contribution >= 4 is 0 Å². The van der Waals surface area contributed by atoms with E-state index in [1.54, 1.807) is 0 Å². The van der Waals surface area contributed by atoms with Gasteiger partial charge in [-0.15, -0.1) is 0 Å². The molecule has 2 atom stereocenters. The fourth-order valence-corrected chi connectivity index (χ4v) is 3.40. The molecular weight excluding hydrogens is 226 g/mol. The molecule has 18 heavy (non-hydrogen) atoms. The minimum atomic E-state index is 0.274. The Balaban J connectivity index is 1.69. The summed E-state index contributed by atoms with van der Waals surface area (Å²) in [5, 5.41) is 9.59. The number of aryl methyl sites for hydroxylation is 1. The lowest BCUT2D eigenvalue weighted by Crippen LogP contribution is -2.56. The second-order valence-electron chi connectivity index (χ2n) is 5.74. The second kappa shape index (κ2) is 5.03. The predicted molar refractivity (Wildman–Crippen MR) is 71.3 cm³/mol. The van der Waals surface area contributed by atoms with Crippen molar-refractivity contribution in [1.82, 2.24) is 14.4 Å². The molecule has 0 unspecified atom stereocenters. The molecule has 100 valence electrons. The molecule has 1 aromatic heterocycles. The zero-order chi connectivity index (χ0) is 12.5. The summed E-state index contributed by atoms with van der Waals surface area (Å²) in [5.41, 5.74) is 1.35. The van der Waals surface area contributed by atoms with E-state index in [1.165, 1.54) is 24.9 Å². The van der Waals surface area contributed by atoms with Gasteiger partial charge >= 0.3 is 0 Å². The highest BCUT2D eigenvalue weighted by atomic mass is 16.3. The van der Waals surface area contributed by atoms with E-state index in [1.807, 2.05) is 0 Å². The molecule has 2 fully saturated rings. The molecule has 0 radical (unpaired) electrons. The first-order chi connectivity index (χ1) is 8.76. The van der Waals surface area contributed by atoms with Gasteiger partial charge in [-0.25, -0.2) is 0 Å². The third-order valence-corrected chi connectivity index (χ3v) is 4.40. The van der Waals surface area contributed by atoms with Gasteiger partial charge in [0.05, 0.1) is 6.61 Å². The Bertz CT molecular complexity index is 403. The number of hydrogen-bond acceptors (Lipinski definition) is 3. The first-order valence-electron chi connectivity index (χ1n) is 6.96. The van der Waals surface area contributed by atoms with E-state index in [4.69, 9.17) is 0 Å².